The van der Waals surface area contributed by atoms with Crippen LogP contribution in [0.3, 0.4) is 0 Å². The zero-order chi connectivity index (χ0) is 15.1. The fourth-order valence-corrected chi connectivity index (χ4v) is 2.02. The van der Waals surface area contributed by atoms with Crippen molar-refractivity contribution in [3.8, 4) is 0 Å². The zero-order valence-electron chi connectivity index (χ0n) is 10.6. The Morgan fingerprint density at radius 2 is 2.15 bits per heavy atom. The first-order valence-corrected chi connectivity index (χ1v) is 6.06. The van der Waals surface area contributed by atoms with Crippen LogP contribution in [0.15, 0.2) is 12.3 Å². The van der Waals surface area contributed by atoms with Gasteiger partial charge in [-0.25, -0.2) is 9.78 Å². The lowest BCUT2D eigenvalue weighted by molar-refractivity contribution is -0.137. The minimum absolute atomic E-state index is 0.0481. The van der Waals surface area contributed by atoms with E-state index < -0.39 is 17.7 Å². The van der Waals surface area contributed by atoms with Crippen LogP contribution in [0, 0.1) is 6.92 Å². The van der Waals surface area contributed by atoms with Crippen molar-refractivity contribution in [3.05, 3.63) is 34.2 Å². The molecule has 0 atom stereocenters. The molecule has 2 heterocycles. The first-order valence-electron chi connectivity index (χ1n) is 5.68. The van der Waals surface area contributed by atoms with Gasteiger partial charge >= 0.3 is 12.1 Å². The summed E-state index contributed by atoms with van der Waals surface area (Å²) >= 11 is 5.80. The lowest BCUT2D eigenvalue weighted by Gasteiger charge is -2.08. The van der Waals surface area contributed by atoms with Gasteiger partial charge in [-0.3, -0.25) is 0 Å². The third-order valence-corrected chi connectivity index (χ3v) is 2.99. The molecular weight excluding hydrogens is 297 g/mol. The molecule has 0 saturated heterocycles. The molecule has 108 valence electrons. The van der Waals surface area contributed by atoms with Gasteiger partial charge in [0.05, 0.1) is 22.9 Å². The van der Waals surface area contributed by atoms with E-state index in [0.29, 0.717) is 0 Å². The molecule has 0 amide bonds. The Balaban J connectivity index is 2.66. The van der Waals surface area contributed by atoms with Gasteiger partial charge in [-0.05, 0) is 19.9 Å². The largest absolute Gasteiger partial charge is 0.461 e. The number of halogens is 4. The first-order chi connectivity index (χ1) is 9.25. The minimum atomic E-state index is -4.53. The van der Waals surface area contributed by atoms with E-state index in [-0.39, 0.29) is 28.7 Å². The van der Waals surface area contributed by atoms with Crippen LogP contribution in [0.4, 0.5) is 13.2 Å². The molecule has 2 aromatic rings. The first kappa shape index (κ1) is 14.6. The average molecular weight is 307 g/mol. The fourth-order valence-electron chi connectivity index (χ4n) is 1.77. The summed E-state index contributed by atoms with van der Waals surface area (Å²) < 4.78 is 44.1. The van der Waals surface area contributed by atoms with Crippen LogP contribution in [0.5, 0.6) is 0 Å². The van der Waals surface area contributed by atoms with Crippen LogP contribution < -0.4 is 0 Å². The SMILES string of the molecule is CCOC(=O)c1nc2c(Cl)cc(C(F)(F)F)cn2c1C. The predicted molar refractivity (Wildman–Crippen MR) is 65.9 cm³/mol. The van der Waals surface area contributed by atoms with Crippen LogP contribution in [0.25, 0.3) is 5.65 Å². The molecule has 0 bridgehead atoms. The fraction of sp³-hybridized carbons (Fsp3) is 0.333. The summed E-state index contributed by atoms with van der Waals surface area (Å²) in [4.78, 5) is 15.6. The minimum Gasteiger partial charge on any atom is -0.461 e. The van der Waals surface area contributed by atoms with Crippen molar-refractivity contribution in [3.63, 3.8) is 0 Å². The molecule has 0 aliphatic rings. The van der Waals surface area contributed by atoms with Crippen LogP contribution in [0.1, 0.15) is 28.7 Å². The molecule has 8 heteroatoms. The number of rotatable bonds is 2. The molecule has 20 heavy (non-hydrogen) atoms. The number of alkyl halides is 3. The third kappa shape index (κ3) is 2.45. The molecule has 0 aliphatic carbocycles. The second kappa shape index (κ2) is 4.97. The van der Waals surface area contributed by atoms with Crippen LogP contribution in [-0.4, -0.2) is 22.0 Å². The Hall–Kier alpha value is -1.76. The van der Waals surface area contributed by atoms with Crippen molar-refractivity contribution in [2.24, 2.45) is 0 Å². The lowest BCUT2D eigenvalue weighted by atomic mass is 10.2. The van der Waals surface area contributed by atoms with Gasteiger partial charge in [-0.1, -0.05) is 11.6 Å². The van der Waals surface area contributed by atoms with Crippen molar-refractivity contribution < 1.29 is 22.7 Å². The summed E-state index contributed by atoms with van der Waals surface area (Å²) in [5, 5.41) is -0.182. The zero-order valence-corrected chi connectivity index (χ0v) is 11.3. The summed E-state index contributed by atoms with van der Waals surface area (Å²) in [7, 11) is 0. The smallest absolute Gasteiger partial charge is 0.417 e. The highest BCUT2D eigenvalue weighted by molar-refractivity contribution is 6.33. The second-order valence-electron chi connectivity index (χ2n) is 4.03. The van der Waals surface area contributed by atoms with E-state index >= 15 is 0 Å². The molecule has 0 unspecified atom stereocenters. The Morgan fingerprint density at radius 3 is 2.70 bits per heavy atom. The number of aromatic nitrogens is 2. The molecular formula is C12H10ClF3N2O2. The van der Waals surface area contributed by atoms with Gasteiger partial charge in [0.15, 0.2) is 11.3 Å². The van der Waals surface area contributed by atoms with E-state index in [9.17, 15) is 18.0 Å². The number of hydrogen-bond donors (Lipinski definition) is 0. The van der Waals surface area contributed by atoms with Crippen molar-refractivity contribution in [2.45, 2.75) is 20.0 Å². The monoisotopic (exact) mass is 306 g/mol. The van der Waals surface area contributed by atoms with E-state index in [1.807, 2.05) is 0 Å². The van der Waals surface area contributed by atoms with Crippen LogP contribution in [-0.2, 0) is 10.9 Å². The summed E-state index contributed by atoms with van der Waals surface area (Å²) in [5.74, 6) is -0.696. The number of pyridine rings is 1. The van der Waals surface area contributed by atoms with Gasteiger partial charge in [0.1, 0.15) is 0 Å². The molecule has 2 aromatic heterocycles. The lowest BCUT2D eigenvalue weighted by Crippen LogP contribution is -2.08. The normalized spacial score (nSPS) is 11.9. The van der Waals surface area contributed by atoms with Gasteiger partial charge in [-0.15, -0.1) is 0 Å². The number of esters is 1. The van der Waals surface area contributed by atoms with Crippen molar-refractivity contribution in [1.82, 2.24) is 9.38 Å². The quantitative estimate of drug-likeness (QED) is 0.798. The van der Waals surface area contributed by atoms with E-state index in [1.54, 1.807) is 6.92 Å². The molecule has 0 radical (unpaired) electrons. The Labute approximate surface area is 117 Å². The summed E-state index contributed by atoms with van der Waals surface area (Å²) in [6.07, 6.45) is -3.68. The third-order valence-electron chi connectivity index (χ3n) is 2.71. The molecule has 0 spiro atoms. The Morgan fingerprint density at radius 1 is 1.50 bits per heavy atom. The highest BCUT2D eigenvalue weighted by atomic mass is 35.5. The van der Waals surface area contributed by atoms with E-state index in [4.69, 9.17) is 16.3 Å². The van der Waals surface area contributed by atoms with E-state index in [2.05, 4.69) is 4.98 Å². The maximum Gasteiger partial charge on any atom is 0.417 e. The summed E-state index contributed by atoms with van der Waals surface area (Å²) in [6.45, 7) is 3.24. The average Bonchev–Trinajstić information content (AvgIpc) is 2.67. The maximum atomic E-state index is 12.7. The summed E-state index contributed by atoms with van der Waals surface area (Å²) in [5.41, 5.74) is -0.634. The standard InChI is InChI=1S/C12H10ClF3N2O2/c1-3-20-11(19)9-6(2)18-5-7(12(14,15)16)4-8(13)10(18)17-9/h4-5H,3H2,1-2H3. The van der Waals surface area contributed by atoms with Crippen LogP contribution in [0.2, 0.25) is 5.02 Å². The molecule has 2 rings (SSSR count). The molecule has 4 nitrogen and oxygen atoms in total. The predicted octanol–water partition coefficient (Wildman–Crippen LogP) is 3.49. The van der Waals surface area contributed by atoms with Gasteiger partial charge < -0.3 is 9.14 Å². The second-order valence-corrected chi connectivity index (χ2v) is 4.44. The van der Waals surface area contributed by atoms with E-state index in [0.717, 1.165) is 16.7 Å². The van der Waals surface area contributed by atoms with E-state index in [1.165, 1.54) is 6.92 Å². The van der Waals surface area contributed by atoms with Crippen molar-refractivity contribution >= 4 is 23.2 Å². The van der Waals surface area contributed by atoms with Gasteiger partial charge in [0, 0.05) is 6.20 Å². The van der Waals surface area contributed by atoms with Gasteiger partial charge in [-0.2, -0.15) is 13.2 Å². The molecule has 0 fully saturated rings. The number of imidazole rings is 1. The maximum absolute atomic E-state index is 12.7. The Bertz CT molecular complexity index is 679. The molecule has 0 N–H and O–H groups in total. The topological polar surface area (TPSA) is 43.6 Å². The van der Waals surface area contributed by atoms with Crippen molar-refractivity contribution in [1.29, 1.82) is 0 Å². The number of hydrogen-bond acceptors (Lipinski definition) is 3. The summed E-state index contributed by atoms with van der Waals surface area (Å²) in [6, 6.07) is 0.776. The highest BCUT2D eigenvalue weighted by Gasteiger charge is 2.32. The Kier molecular flexibility index (Phi) is 3.64. The number of nitrogens with zero attached hydrogens (tertiary/aromatic N) is 2. The number of carbonyl (C=O) groups is 1. The van der Waals surface area contributed by atoms with Crippen molar-refractivity contribution in [2.75, 3.05) is 6.61 Å². The number of ether oxygens (including phenoxy) is 1. The molecule has 0 saturated carbocycles. The van der Waals surface area contributed by atoms with Gasteiger partial charge in [0.25, 0.3) is 0 Å². The van der Waals surface area contributed by atoms with Gasteiger partial charge in [0.2, 0.25) is 0 Å². The number of fused-ring (bicyclic) bond motifs is 1. The van der Waals surface area contributed by atoms with Crippen LogP contribution >= 0.6 is 11.6 Å². The molecule has 0 aromatic carbocycles. The highest BCUT2D eigenvalue weighted by Crippen LogP contribution is 2.33. The number of carbonyl (C=O) groups excluding carboxylic acids is 1. The number of aryl methyl sites for hydroxylation is 1. The molecule has 0 aliphatic heterocycles.